The second-order valence-corrected chi connectivity index (χ2v) is 7.02. The quantitative estimate of drug-likeness (QED) is 0.493. The third kappa shape index (κ3) is 2.84. The molecule has 0 fully saturated rings. The van der Waals surface area contributed by atoms with Crippen molar-refractivity contribution in [2.45, 2.75) is 26.1 Å². The van der Waals surface area contributed by atoms with Crippen molar-refractivity contribution in [3.63, 3.8) is 0 Å². The monoisotopic (exact) mass is 339 g/mol. The Labute approximate surface area is 143 Å². The third-order valence-electron chi connectivity index (χ3n) is 4.08. The molecule has 3 heterocycles. The molecule has 23 heavy (non-hydrogen) atoms. The number of aromatic nitrogens is 2. The van der Waals surface area contributed by atoms with Gasteiger partial charge in [0.1, 0.15) is 11.5 Å². The van der Waals surface area contributed by atoms with Crippen LogP contribution in [0.25, 0.3) is 10.2 Å². The Balaban J connectivity index is 1.54. The summed E-state index contributed by atoms with van der Waals surface area (Å²) in [5, 5.41) is 0.496. The fourth-order valence-electron chi connectivity index (χ4n) is 2.79. The summed E-state index contributed by atoms with van der Waals surface area (Å²) in [6, 6.07) is 10.8. The molecule has 2 aromatic heterocycles. The molecular weight excluding hydrogens is 326 g/mol. The van der Waals surface area contributed by atoms with Crippen molar-refractivity contribution in [3.05, 3.63) is 57.8 Å². The minimum atomic E-state index is 0.203. The molecule has 0 aliphatic carbocycles. The number of nitrogens with zero attached hydrogens (tertiary/aromatic N) is 3. The highest BCUT2D eigenvalue weighted by atomic mass is 35.5. The Morgan fingerprint density at radius 2 is 1.96 bits per heavy atom. The fraction of sp³-hybridized carbons (Fsp3) is 0.222. The van der Waals surface area contributed by atoms with Crippen LogP contribution in [0.15, 0.2) is 36.7 Å². The van der Waals surface area contributed by atoms with E-state index in [4.69, 9.17) is 11.6 Å². The topological polar surface area (TPSA) is 29.0 Å². The van der Waals surface area contributed by atoms with Crippen LogP contribution >= 0.6 is 22.9 Å². The summed E-state index contributed by atoms with van der Waals surface area (Å²) in [5.74, 6) is 6.62. The highest BCUT2D eigenvalue weighted by Crippen LogP contribution is 2.28. The molecule has 3 nitrogen and oxygen atoms in total. The maximum absolute atomic E-state index is 6.09. The molecule has 1 aromatic carbocycles. The second-order valence-electron chi connectivity index (χ2n) is 5.61. The van der Waals surface area contributed by atoms with Crippen LogP contribution in [0.1, 0.15) is 22.9 Å². The van der Waals surface area contributed by atoms with Gasteiger partial charge >= 0.3 is 0 Å². The van der Waals surface area contributed by atoms with E-state index < -0.39 is 0 Å². The number of hydrogen-bond donors (Lipinski definition) is 0. The van der Waals surface area contributed by atoms with Crippen molar-refractivity contribution in [2.24, 2.45) is 0 Å². The van der Waals surface area contributed by atoms with Crippen LogP contribution in [0, 0.1) is 11.8 Å². The van der Waals surface area contributed by atoms with Crippen LogP contribution in [-0.4, -0.2) is 20.9 Å². The number of halogens is 1. The van der Waals surface area contributed by atoms with Crippen LogP contribution in [0.5, 0.6) is 0 Å². The molecule has 1 atom stereocenters. The van der Waals surface area contributed by atoms with Crippen molar-refractivity contribution >= 4 is 33.2 Å². The largest absolute Gasteiger partial charge is 0.281 e. The van der Waals surface area contributed by atoms with Crippen molar-refractivity contribution in [1.82, 2.24) is 14.9 Å². The SMILES string of the molecule is CC(C#Cc1cc2ncnc(Cl)c2s1)N1Cc2ccccc2C1. The molecule has 0 radical (unpaired) electrons. The van der Waals surface area contributed by atoms with Crippen LogP contribution < -0.4 is 0 Å². The van der Waals surface area contributed by atoms with Gasteiger partial charge in [-0.05, 0) is 24.1 Å². The molecule has 0 bridgehead atoms. The van der Waals surface area contributed by atoms with E-state index >= 15 is 0 Å². The first-order chi connectivity index (χ1) is 11.2. The van der Waals surface area contributed by atoms with Gasteiger partial charge in [0.05, 0.1) is 21.1 Å². The van der Waals surface area contributed by atoms with Gasteiger partial charge in [-0.1, -0.05) is 47.7 Å². The highest BCUT2D eigenvalue weighted by molar-refractivity contribution is 7.20. The predicted octanol–water partition coefficient (Wildman–Crippen LogP) is 4.10. The zero-order valence-electron chi connectivity index (χ0n) is 12.6. The van der Waals surface area contributed by atoms with E-state index in [-0.39, 0.29) is 6.04 Å². The van der Waals surface area contributed by atoms with Crippen molar-refractivity contribution in [3.8, 4) is 11.8 Å². The van der Waals surface area contributed by atoms with Crippen molar-refractivity contribution in [2.75, 3.05) is 0 Å². The average molecular weight is 340 g/mol. The molecule has 1 aliphatic heterocycles. The standard InChI is InChI=1S/C18H14ClN3S/c1-12(22-9-13-4-2-3-5-14(13)10-22)6-7-15-8-16-17(23-15)18(19)21-11-20-16/h2-5,8,11-12H,9-10H2,1H3. The van der Waals surface area contributed by atoms with Gasteiger partial charge in [0.15, 0.2) is 0 Å². The van der Waals surface area contributed by atoms with Gasteiger partial charge in [0.25, 0.3) is 0 Å². The van der Waals surface area contributed by atoms with Gasteiger partial charge in [-0.25, -0.2) is 9.97 Å². The molecule has 0 saturated carbocycles. The van der Waals surface area contributed by atoms with E-state index in [1.165, 1.54) is 17.5 Å². The fourth-order valence-corrected chi connectivity index (χ4v) is 3.90. The molecule has 114 valence electrons. The van der Waals surface area contributed by atoms with E-state index in [1.807, 2.05) is 6.07 Å². The van der Waals surface area contributed by atoms with E-state index in [9.17, 15) is 0 Å². The Hall–Kier alpha value is -1.93. The van der Waals surface area contributed by atoms with Crippen molar-refractivity contribution < 1.29 is 0 Å². The Morgan fingerprint density at radius 3 is 2.65 bits per heavy atom. The first-order valence-corrected chi connectivity index (χ1v) is 8.62. The second kappa shape index (κ2) is 5.93. The lowest BCUT2D eigenvalue weighted by Gasteiger charge is -2.18. The summed E-state index contributed by atoms with van der Waals surface area (Å²) < 4.78 is 0.902. The molecule has 4 rings (SSSR count). The van der Waals surface area contributed by atoms with E-state index in [0.29, 0.717) is 5.15 Å². The lowest BCUT2D eigenvalue weighted by Crippen LogP contribution is -2.26. The number of fused-ring (bicyclic) bond motifs is 2. The summed E-state index contributed by atoms with van der Waals surface area (Å²) in [7, 11) is 0. The van der Waals surface area contributed by atoms with Crippen LogP contribution in [0.3, 0.4) is 0 Å². The smallest absolute Gasteiger partial charge is 0.150 e. The zero-order chi connectivity index (χ0) is 15.8. The number of hydrogen-bond acceptors (Lipinski definition) is 4. The Morgan fingerprint density at radius 1 is 1.22 bits per heavy atom. The number of benzene rings is 1. The minimum Gasteiger partial charge on any atom is -0.281 e. The lowest BCUT2D eigenvalue weighted by molar-refractivity contribution is 0.255. The van der Waals surface area contributed by atoms with Gasteiger partial charge in [-0.2, -0.15) is 0 Å². The summed E-state index contributed by atoms with van der Waals surface area (Å²) in [6.07, 6.45) is 1.48. The van der Waals surface area contributed by atoms with Gasteiger partial charge in [-0.15, -0.1) is 11.3 Å². The molecule has 5 heteroatoms. The molecule has 0 N–H and O–H groups in total. The first kappa shape index (κ1) is 14.6. The molecule has 0 saturated heterocycles. The van der Waals surface area contributed by atoms with Gasteiger partial charge in [-0.3, -0.25) is 4.90 Å². The highest BCUT2D eigenvalue weighted by Gasteiger charge is 2.21. The molecule has 1 aliphatic rings. The Kier molecular flexibility index (Phi) is 3.78. The van der Waals surface area contributed by atoms with E-state index in [0.717, 1.165) is 28.2 Å². The van der Waals surface area contributed by atoms with Gasteiger partial charge in [0, 0.05) is 13.1 Å². The van der Waals surface area contributed by atoms with Gasteiger partial charge < -0.3 is 0 Å². The van der Waals surface area contributed by atoms with Crippen LogP contribution in [0.4, 0.5) is 0 Å². The molecule has 3 aromatic rings. The summed E-state index contributed by atoms with van der Waals surface area (Å²) in [4.78, 5) is 11.6. The average Bonchev–Trinajstić information content (AvgIpc) is 3.17. The minimum absolute atomic E-state index is 0.203. The van der Waals surface area contributed by atoms with Crippen LogP contribution in [-0.2, 0) is 13.1 Å². The number of rotatable bonds is 1. The van der Waals surface area contributed by atoms with E-state index in [2.05, 4.69) is 57.9 Å². The molecule has 0 amide bonds. The number of thiophene rings is 1. The van der Waals surface area contributed by atoms with Gasteiger partial charge in [0.2, 0.25) is 0 Å². The maximum atomic E-state index is 6.09. The predicted molar refractivity (Wildman–Crippen MR) is 94.5 cm³/mol. The molecular formula is C18H14ClN3S. The normalized spacial score (nSPS) is 15.2. The molecule has 0 spiro atoms. The van der Waals surface area contributed by atoms with E-state index in [1.54, 1.807) is 11.3 Å². The lowest BCUT2D eigenvalue weighted by atomic mass is 10.1. The van der Waals surface area contributed by atoms with Crippen molar-refractivity contribution in [1.29, 1.82) is 0 Å². The summed E-state index contributed by atoms with van der Waals surface area (Å²) >= 11 is 7.64. The van der Waals surface area contributed by atoms with Crippen LogP contribution in [0.2, 0.25) is 5.15 Å². The summed E-state index contributed by atoms with van der Waals surface area (Å²) in [6.45, 7) is 4.09. The Bertz CT molecular complexity index is 913. The maximum Gasteiger partial charge on any atom is 0.150 e. The molecule has 1 unspecified atom stereocenters. The summed E-state index contributed by atoms with van der Waals surface area (Å²) in [5.41, 5.74) is 3.68. The zero-order valence-corrected chi connectivity index (χ0v) is 14.2. The first-order valence-electron chi connectivity index (χ1n) is 7.43. The third-order valence-corrected chi connectivity index (χ3v) is 5.53.